The average molecular weight is 338 g/mol. The maximum Gasteiger partial charge on any atom is 0.194 e. The van der Waals surface area contributed by atoms with Gasteiger partial charge in [0.1, 0.15) is 5.75 Å². The van der Waals surface area contributed by atoms with Crippen LogP contribution < -0.4 is 4.74 Å². The second-order valence-corrected chi connectivity index (χ2v) is 4.60. The minimum atomic E-state index is 0.0221. The topological polar surface area (TPSA) is 26.3 Å². The first kappa shape index (κ1) is 12.1. The summed E-state index contributed by atoms with van der Waals surface area (Å²) in [7, 11) is 1.61. The first-order valence-corrected chi connectivity index (χ1v) is 6.24. The van der Waals surface area contributed by atoms with E-state index in [-0.39, 0.29) is 5.78 Å². The van der Waals surface area contributed by atoms with Crippen molar-refractivity contribution in [2.24, 2.45) is 0 Å². The van der Waals surface area contributed by atoms with Gasteiger partial charge in [-0.2, -0.15) is 0 Å². The van der Waals surface area contributed by atoms with E-state index in [1.165, 1.54) is 0 Å². The molecule has 0 fully saturated rings. The van der Waals surface area contributed by atoms with Crippen LogP contribution in [-0.4, -0.2) is 12.9 Å². The average Bonchev–Trinajstić information content (AvgIpc) is 2.39. The molecule has 0 N–H and O–H groups in total. The van der Waals surface area contributed by atoms with Gasteiger partial charge in [-0.05, 0) is 34.7 Å². The lowest BCUT2D eigenvalue weighted by molar-refractivity contribution is 0.103. The normalized spacial score (nSPS) is 10.0. The summed E-state index contributed by atoms with van der Waals surface area (Å²) in [4.78, 5) is 12.3. The zero-order chi connectivity index (χ0) is 12.3. The van der Waals surface area contributed by atoms with Gasteiger partial charge in [0, 0.05) is 11.1 Å². The summed E-state index contributed by atoms with van der Waals surface area (Å²) < 4.78 is 6.06. The fourth-order valence-corrected chi connectivity index (χ4v) is 2.41. The van der Waals surface area contributed by atoms with Gasteiger partial charge in [-0.25, -0.2) is 0 Å². The number of hydrogen-bond acceptors (Lipinski definition) is 2. The zero-order valence-electron chi connectivity index (χ0n) is 9.31. The van der Waals surface area contributed by atoms with Gasteiger partial charge in [-0.3, -0.25) is 4.79 Å². The van der Waals surface area contributed by atoms with Crippen LogP contribution in [0.15, 0.2) is 48.5 Å². The third-order valence-electron chi connectivity index (χ3n) is 2.46. The molecular formula is C14H11IO2. The number of halogens is 1. The summed E-state index contributed by atoms with van der Waals surface area (Å²) in [5.41, 5.74) is 1.37. The van der Waals surface area contributed by atoms with Gasteiger partial charge in [0.25, 0.3) is 0 Å². The molecule has 0 aliphatic carbocycles. The van der Waals surface area contributed by atoms with Crippen molar-refractivity contribution in [2.75, 3.05) is 7.11 Å². The minimum absolute atomic E-state index is 0.0221. The van der Waals surface area contributed by atoms with Gasteiger partial charge >= 0.3 is 0 Å². The highest BCUT2D eigenvalue weighted by Gasteiger charge is 2.14. The van der Waals surface area contributed by atoms with Crippen molar-refractivity contribution in [3.05, 3.63) is 63.2 Å². The van der Waals surface area contributed by atoms with E-state index >= 15 is 0 Å². The Morgan fingerprint density at radius 2 is 1.76 bits per heavy atom. The predicted octanol–water partition coefficient (Wildman–Crippen LogP) is 3.53. The Bertz CT molecular complexity index is 535. The molecule has 2 aromatic rings. The summed E-state index contributed by atoms with van der Waals surface area (Å²) in [6.07, 6.45) is 0. The van der Waals surface area contributed by atoms with E-state index in [9.17, 15) is 4.79 Å². The van der Waals surface area contributed by atoms with Crippen LogP contribution in [0.25, 0.3) is 0 Å². The molecule has 0 atom stereocenters. The fraction of sp³-hybridized carbons (Fsp3) is 0.0714. The molecule has 2 nitrogen and oxygen atoms in total. The highest BCUT2D eigenvalue weighted by molar-refractivity contribution is 14.1. The number of ketones is 1. The molecule has 86 valence electrons. The van der Waals surface area contributed by atoms with Crippen molar-refractivity contribution in [3.63, 3.8) is 0 Å². The Hall–Kier alpha value is -1.36. The Morgan fingerprint density at radius 3 is 2.41 bits per heavy atom. The summed E-state index contributed by atoms with van der Waals surface area (Å²) >= 11 is 2.14. The number of carbonyl (C=O) groups excluding carboxylic acids is 1. The van der Waals surface area contributed by atoms with Gasteiger partial charge < -0.3 is 4.74 Å². The van der Waals surface area contributed by atoms with E-state index in [0.717, 1.165) is 9.32 Å². The molecule has 0 radical (unpaired) electrons. The first-order valence-electron chi connectivity index (χ1n) is 5.16. The van der Waals surface area contributed by atoms with Crippen molar-refractivity contribution in [2.45, 2.75) is 0 Å². The second-order valence-electron chi connectivity index (χ2n) is 3.52. The van der Waals surface area contributed by atoms with E-state index in [4.69, 9.17) is 4.74 Å². The second kappa shape index (κ2) is 5.31. The highest BCUT2D eigenvalue weighted by atomic mass is 127. The van der Waals surface area contributed by atoms with Crippen LogP contribution in [0.3, 0.4) is 0 Å². The number of benzene rings is 2. The van der Waals surface area contributed by atoms with Crippen LogP contribution in [-0.2, 0) is 0 Å². The largest absolute Gasteiger partial charge is 0.496 e. The minimum Gasteiger partial charge on any atom is -0.496 e. The molecule has 0 aromatic heterocycles. The Balaban J connectivity index is 2.45. The predicted molar refractivity (Wildman–Crippen MR) is 75.6 cm³/mol. The summed E-state index contributed by atoms with van der Waals surface area (Å²) in [6.45, 7) is 0. The molecule has 0 amide bonds. The molecular weight excluding hydrogens is 327 g/mol. The number of methoxy groups -OCH3 is 1. The van der Waals surface area contributed by atoms with Crippen LogP contribution in [0.1, 0.15) is 15.9 Å². The van der Waals surface area contributed by atoms with Gasteiger partial charge in [-0.15, -0.1) is 0 Å². The van der Waals surface area contributed by atoms with Crippen molar-refractivity contribution in [1.82, 2.24) is 0 Å². The molecule has 0 bridgehead atoms. The molecule has 0 heterocycles. The summed E-state index contributed by atoms with van der Waals surface area (Å²) in [5, 5.41) is 0. The molecule has 3 heteroatoms. The van der Waals surface area contributed by atoms with Gasteiger partial charge in [0.15, 0.2) is 5.78 Å². The third-order valence-corrected chi connectivity index (χ3v) is 3.58. The molecule has 0 unspecified atom stereocenters. The Morgan fingerprint density at radius 1 is 1.06 bits per heavy atom. The number of carbonyl (C=O) groups is 1. The van der Waals surface area contributed by atoms with Crippen LogP contribution in [0.2, 0.25) is 0 Å². The highest BCUT2D eigenvalue weighted by Crippen LogP contribution is 2.25. The first-order chi connectivity index (χ1) is 8.24. The molecule has 2 rings (SSSR count). The number of ether oxygens (including phenoxy) is 1. The van der Waals surface area contributed by atoms with Crippen LogP contribution in [0.4, 0.5) is 0 Å². The number of rotatable bonds is 3. The van der Waals surface area contributed by atoms with Crippen LogP contribution in [0, 0.1) is 3.57 Å². The zero-order valence-corrected chi connectivity index (χ0v) is 11.5. The lowest BCUT2D eigenvalue weighted by atomic mass is 10.0. The fourth-order valence-electron chi connectivity index (χ4n) is 1.59. The van der Waals surface area contributed by atoms with Crippen molar-refractivity contribution in [1.29, 1.82) is 0 Å². The maximum atomic E-state index is 12.3. The SMILES string of the molecule is COc1cccc(C(=O)c2ccccc2)c1I. The van der Waals surface area contributed by atoms with E-state index in [1.54, 1.807) is 7.11 Å². The molecule has 0 aliphatic heterocycles. The van der Waals surface area contributed by atoms with E-state index in [0.29, 0.717) is 11.1 Å². The quantitative estimate of drug-likeness (QED) is 0.632. The molecule has 2 aromatic carbocycles. The maximum absolute atomic E-state index is 12.3. The summed E-state index contributed by atoms with van der Waals surface area (Å²) in [6, 6.07) is 14.8. The smallest absolute Gasteiger partial charge is 0.194 e. The lowest BCUT2D eigenvalue weighted by Crippen LogP contribution is -2.04. The lowest BCUT2D eigenvalue weighted by Gasteiger charge is -2.08. The monoisotopic (exact) mass is 338 g/mol. The third kappa shape index (κ3) is 2.49. The Labute approximate surface area is 114 Å². The molecule has 0 saturated carbocycles. The van der Waals surface area contributed by atoms with Crippen molar-refractivity contribution < 1.29 is 9.53 Å². The molecule has 17 heavy (non-hydrogen) atoms. The standard InChI is InChI=1S/C14H11IO2/c1-17-12-9-5-8-11(13(12)15)14(16)10-6-3-2-4-7-10/h2-9H,1H3. The Kier molecular flexibility index (Phi) is 3.78. The molecule has 0 aliphatic rings. The van der Waals surface area contributed by atoms with Gasteiger partial charge in [-0.1, -0.05) is 36.4 Å². The van der Waals surface area contributed by atoms with Crippen LogP contribution >= 0.6 is 22.6 Å². The molecule has 0 saturated heterocycles. The van der Waals surface area contributed by atoms with Crippen molar-refractivity contribution in [3.8, 4) is 5.75 Å². The number of hydrogen-bond donors (Lipinski definition) is 0. The molecule has 0 spiro atoms. The van der Waals surface area contributed by atoms with Crippen LogP contribution in [0.5, 0.6) is 5.75 Å². The van der Waals surface area contributed by atoms with Gasteiger partial charge in [0.05, 0.1) is 10.7 Å². The van der Waals surface area contributed by atoms with E-state index in [1.807, 2.05) is 48.5 Å². The van der Waals surface area contributed by atoms with E-state index in [2.05, 4.69) is 22.6 Å². The summed E-state index contributed by atoms with van der Waals surface area (Å²) in [5.74, 6) is 0.751. The van der Waals surface area contributed by atoms with Crippen molar-refractivity contribution >= 4 is 28.4 Å². The van der Waals surface area contributed by atoms with Gasteiger partial charge in [0.2, 0.25) is 0 Å². The van der Waals surface area contributed by atoms with E-state index < -0.39 is 0 Å².